The minimum absolute atomic E-state index is 0.0460. The molecule has 0 aliphatic carbocycles. The van der Waals surface area contributed by atoms with Crippen molar-refractivity contribution in [2.75, 3.05) is 13.1 Å². The van der Waals surface area contributed by atoms with Gasteiger partial charge in [-0.2, -0.15) is 0 Å². The molecule has 0 saturated carbocycles. The lowest BCUT2D eigenvalue weighted by Crippen LogP contribution is -2.49. The number of piperidine rings is 1. The highest BCUT2D eigenvalue weighted by atomic mass is 16.2. The molecule has 0 radical (unpaired) electrons. The van der Waals surface area contributed by atoms with Gasteiger partial charge < -0.3 is 16.0 Å². The molecule has 2 aliphatic rings. The maximum Gasteiger partial charge on any atom is 0.241 e. The molecule has 3 N–H and O–H groups in total. The highest BCUT2D eigenvalue weighted by Crippen LogP contribution is 2.27. The fraction of sp³-hybridized carbons (Fsp3) is 0.588. The summed E-state index contributed by atoms with van der Waals surface area (Å²) in [4.78, 5) is 14.9. The third-order valence-corrected chi connectivity index (χ3v) is 4.89. The monoisotopic (exact) mass is 287 g/mol. The first kappa shape index (κ1) is 14.5. The second kappa shape index (κ2) is 6.16. The highest BCUT2D eigenvalue weighted by Gasteiger charge is 2.32. The molecule has 2 fully saturated rings. The Balaban J connectivity index is 1.57. The lowest BCUT2D eigenvalue weighted by Gasteiger charge is -2.35. The summed E-state index contributed by atoms with van der Waals surface area (Å²) in [5.74, 6) is -0.0460. The van der Waals surface area contributed by atoms with Crippen molar-refractivity contribution in [1.82, 2.24) is 10.2 Å². The number of fused-ring (bicyclic) bond motifs is 1. The van der Waals surface area contributed by atoms with Gasteiger partial charge in [0.25, 0.3) is 0 Å². The quantitative estimate of drug-likeness (QED) is 0.890. The van der Waals surface area contributed by atoms with Crippen molar-refractivity contribution in [2.24, 2.45) is 5.73 Å². The van der Waals surface area contributed by atoms with Gasteiger partial charge in [-0.15, -0.1) is 0 Å². The van der Waals surface area contributed by atoms with Crippen LogP contribution in [0.15, 0.2) is 24.3 Å². The van der Waals surface area contributed by atoms with Crippen molar-refractivity contribution in [3.63, 3.8) is 0 Å². The Morgan fingerprint density at radius 3 is 2.81 bits per heavy atom. The number of carbonyl (C=O) groups is 1. The second-order valence-electron chi connectivity index (χ2n) is 6.45. The summed E-state index contributed by atoms with van der Waals surface area (Å²) in [7, 11) is 0. The molecule has 21 heavy (non-hydrogen) atoms. The molecule has 3 rings (SSSR count). The Bertz CT molecular complexity index is 499. The fourth-order valence-electron chi connectivity index (χ4n) is 3.57. The number of hydrogen-bond acceptors (Lipinski definition) is 3. The largest absolute Gasteiger partial charge is 0.352 e. The van der Waals surface area contributed by atoms with Crippen LogP contribution in [0.2, 0.25) is 0 Å². The van der Waals surface area contributed by atoms with Gasteiger partial charge in [-0.1, -0.05) is 29.8 Å². The van der Waals surface area contributed by atoms with Crippen LogP contribution < -0.4 is 11.1 Å². The lowest BCUT2D eigenvalue weighted by atomic mass is 9.96. The van der Waals surface area contributed by atoms with Crippen LogP contribution in [0, 0.1) is 6.92 Å². The van der Waals surface area contributed by atoms with Crippen LogP contribution in [0.3, 0.4) is 0 Å². The predicted molar refractivity (Wildman–Crippen MR) is 83.9 cm³/mol. The zero-order valence-electron chi connectivity index (χ0n) is 12.7. The van der Waals surface area contributed by atoms with Crippen molar-refractivity contribution < 1.29 is 4.79 Å². The maximum absolute atomic E-state index is 12.3. The number of carbonyl (C=O) groups excluding carboxylic acids is 1. The Labute approximate surface area is 126 Å². The van der Waals surface area contributed by atoms with E-state index >= 15 is 0 Å². The summed E-state index contributed by atoms with van der Waals surface area (Å²) in [6.45, 7) is 4.37. The van der Waals surface area contributed by atoms with Crippen LogP contribution in [0.4, 0.5) is 0 Å². The maximum atomic E-state index is 12.3. The fourth-order valence-corrected chi connectivity index (χ4v) is 3.57. The number of aryl methyl sites for hydroxylation is 1. The lowest BCUT2D eigenvalue weighted by molar-refractivity contribution is -0.123. The molecule has 1 aromatic rings. The van der Waals surface area contributed by atoms with Crippen LogP contribution in [0.25, 0.3) is 0 Å². The number of nitrogens with two attached hydrogens (primary N) is 1. The SMILES string of the molecule is Cc1ccc(C(N)C(=O)NC2CCN3CCCC3C2)cc1. The molecule has 0 bridgehead atoms. The van der Waals surface area contributed by atoms with E-state index in [1.165, 1.54) is 24.9 Å². The van der Waals surface area contributed by atoms with Crippen molar-refractivity contribution in [2.45, 2.75) is 50.7 Å². The summed E-state index contributed by atoms with van der Waals surface area (Å²) in [5, 5.41) is 3.15. The number of amides is 1. The van der Waals surface area contributed by atoms with E-state index in [1.807, 2.05) is 31.2 Å². The van der Waals surface area contributed by atoms with E-state index in [0.29, 0.717) is 6.04 Å². The first-order valence-electron chi connectivity index (χ1n) is 8.00. The van der Waals surface area contributed by atoms with Gasteiger partial charge in [0, 0.05) is 18.6 Å². The van der Waals surface area contributed by atoms with E-state index < -0.39 is 6.04 Å². The van der Waals surface area contributed by atoms with Crippen molar-refractivity contribution in [1.29, 1.82) is 0 Å². The van der Waals surface area contributed by atoms with Gasteiger partial charge in [-0.3, -0.25) is 4.79 Å². The van der Waals surface area contributed by atoms with Crippen molar-refractivity contribution in [3.05, 3.63) is 35.4 Å². The van der Waals surface area contributed by atoms with Crippen LogP contribution in [0.5, 0.6) is 0 Å². The van der Waals surface area contributed by atoms with E-state index in [2.05, 4.69) is 10.2 Å². The zero-order valence-corrected chi connectivity index (χ0v) is 12.7. The van der Waals surface area contributed by atoms with Crippen molar-refractivity contribution >= 4 is 5.91 Å². The van der Waals surface area contributed by atoms with Gasteiger partial charge in [0.05, 0.1) is 0 Å². The summed E-state index contributed by atoms with van der Waals surface area (Å²) < 4.78 is 0. The minimum Gasteiger partial charge on any atom is -0.352 e. The molecule has 2 heterocycles. The Hall–Kier alpha value is -1.39. The van der Waals surface area contributed by atoms with Gasteiger partial charge >= 0.3 is 0 Å². The normalized spacial score (nSPS) is 27.1. The van der Waals surface area contributed by atoms with E-state index in [-0.39, 0.29) is 11.9 Å². The third-order valence-electron chi connectivity index (χ3n) is 4.89. The molecule has 114 valence electrons. The smallest absolute Gasteiger partial charge is 0.241 e. The van der Waals surface area contributed by atoms with Crippen LogP contribution in [-0.2, 0) is 4.79 Å². The van der Waals surface area contributed by atoms with Crippen LogP contribution >= 0.6 is 0 Å². The Morgan fingerprint density at radius 2 is 2.05 bits per heavy atom. The van der Waals surface area contributed by atoms with Gasteiger partial charge in [-0.25, -0.2) is 0 Å². The molecule has 0 aromatic heterocycles. The summed E-state index contributed by atoms with van der Waals surface area (Å²) in [5.41, 5.74) is 8.16. The van der Waals surface area contributed by atoms with E-state index in [0.717, 1.165) is 24.9 Å². The molecule has 3 atom stereocenters. The molecule has 1 aromatic carbocycles. The Morgan fingerprint density at radius 1 is 1.29 bits per heavy atom. The molecule has 3 unspecified atom stereocenters. The second-order valence-corrected chi connectivity index (χ2v) is 6.45. The van der Waals surface area contributed by atoms with Gasteiger partial charge in [0.15, 0.2) is 0 Å². The van der Waals surface area contributed by atoms with Gasteiger partial charge in [0.2, 0.25) is 5.91 Å². The summed E-state index contributed by atoms with van der Waals surface area (Å²) >= 11 is 0. The number of nitrogens with one attached hydrogen (secondary N) is 1. The van der Waals surface area contributed by atoms with Gasteiger partial charge in [-0.05, 0) is 44.7 Å². The van der Waals surface area contributed by atoms with Crippen molar-refractivity contribution in [3.8, 4) is 0 Å². The minimum atomic E-state index is -0.563. The average molecular weight is 287 g/mol. The molecular formula is C17H25N3O. The van der Waals surface area contributed by atoms with Gasteiger partial charge in [0.1, 0.15) is 6.04 Å². The molecule has 0 spiro atoms. The number of nitrogens with zero attached hydrogens (tertiary/aromatic N) is 1. The molecule has 4 heteroatoms. The zero-order chi connectivity index (χ0) is 14.8. The van der Waals surface area contributed by atoms with E-state index in [4.69, 9.17) is 5.73 Å². The predicted octanol–water partition coefficient (Wildman–Crippen LogP) is 1.74. The first-order chi connectivity index (χ1) is 10.1. The molecule has 4 nitrogen and oxygen atoms in total. The van der Waals surface area contributed by atoms with Crippen LogP contribution in [-0.4, -0.2) is 36.0 Å². The third kappa shape index (κ3) is 3.27. The standard InChI is InChI=1S/C17H25N3O/c1-12-4-6-13(7-5-12)16(18)17(21)19-14-8-10-20-9-2-3-15(20)11-14/h4-7,14-16H,2-3,8-11,18H2,1H3,(H,19,21). The van der Waals surface area contributed by atoms with E-state index in [1.54, 1.807) is 0 Å². The first-order valence-corrected chi connectivity index (χ1v) is 8.00. The number of hydrogen-bond donors (Lipinski definition) is 2. The van der Waals surface area contributed by atoms with E-state index in [9.17, 15) is 4.79 Å². The summed E-state index contributed by atoms with van der Waals surface area (Å²) in [6, 6.07) is 8.28. The van der Waals surface area contributed by atoms with Crippen LogP contribution in [0.1, 0.15) is 42.9 Å². The Kier molecular flexibility index (Phi) is 4.27. The number of rotatable bonds is 3. The topological polar surface area (TPSA) is 58.4 Å². The average Bonchev–Trinajstić information content (AvgIpc) is 2.95. The molecule has 2 aliphatic heterocycles. The summed E-state index contributed by atoms with van der Waals surface area (Å²) in [6.07, 6.45) is 4.69. The highest BCUT2D eigenvalue weighted by molar-refractivity contribution is 5.83. The molecule has 2 saturated heterocycles. The number of benzene rings is 1. The molecule has 1 amide bonds. The molecular weight excluding hydrogens is 262 g/mol.